The molecule has 0 spiro atoms. The molecular formula is C42H30N6O6. The van der Waals surface area contributed by atoms with Gasteiger partial charge in [-0.2, -0.15) is 0 Å². The highest BCUT2D eigenvalue weighted by Crippen LogP contribution is 2.55. The van der Waals surface area contributed by atoms with Crippen molar-refractivity contribution in [3.63, 3.8) is 0 Å². The van der Waals surface area contributed by atoms with Crippen molar-refractivity contribution >= 4 is 51.2 Å². The van der Waals surface area contributed by atoms with Crippen LogP contribution in [0.2, 0.25) is 0 Å². The van der Waals surface area contributed by atoms with E-state index in [9.17, 15) is 30.3 Å². The number of nitro benzene ring substituents is 3. The van der Waals surface area contributed by atoms with Crippen molar-refractivity contribution in [2.75, 3.05) is 16.0 Å². The van der Waals surface area contributed by atoms with E-state index in [4.69, 9.17) is 0 Å². The summed E-state index contributed by atoms with van der Waals surface area (Å²) in [5, 5.41) is 48.0. The summed E-state index contributed by atoms with van der Waals surface area (Å²) >= 11 is 0. The second kappa shape index (κ2) is 15.2. The van der Waals surface area contributed by atoms with Crippen LogP contribution in [-0.4, -0.2) is 14.8 Å². The maximum atomic E-state index is 13.1. The molecule has 0 aliphatic rings. The number of hydrogen-bond acceptors (Lipinski definition) is 9. The third kappa shape index (κ3) is 7.29. The Morgan fingerprint density at radius 3 is 0.796 bits per heavy atom. The first-order chi connectivity index (χ1) is 26.3. The topological polar surface area (TPSA) is 166 Å². The van der Waals surface area contributed by atoms with Gasteiger partial charge in [0.1, 0.15) is 0 Å². The minimum absolute atomic E-state index is 0.283. The summed E-state index contributed by atoms with van der Waals surface area (Å²) in [6.45, 7) is 0. The van der Waals surface area contributed by atoms with Gasteiger partial charge in [0.05, 0.1) is 14.8 Å². The Hall–Kier alpha value is -7.86. The molecule has 3 N–H and O–H groups in total. The lowest BCUT2D eigenvalue weighted by atomic mass is 10.0. The summed E-state index contributed by atoms with van der Waals surface area (Å²) in [7, 11) is 0. The van der Waals surface area contributed by atoms with E-state index in [1.165, 1.54) is 0 Å². The van der Waals surface area contributed by atoms with Gasteiger partial charge in [0, 0.05) is 17.1 Å². The predicted molar refractivity (Wildman–Crippen MR) is 212 cm³/mol. The zero-order valence-electron chi connectivity index (χ0n) is 28.4. The van der Waals surface area contributed by atoms with Crippen molar-refractivity contribution in [1.82, 2.24) is 0 Å². The first kappa shape index (κ1) is 34.6. The Balaban J connectivity index is 1.46. The molecule has 0 saturated carbocycles. The van der Waals surface area contributed by atoms with Crippen LogP contribution in [0.1, 0.15) is 0 Å². The number of benzene rings is 7. The lowest BCUT2D eigenvalue weighted by Crippen LogP contribution is -2.11. The van der Waals surface area contributed by atoms with Crippen LogP contribution in [-0.2, 0) is 0 Å². The number of hydrogen-bond donors (Lipinski definition) is 3. The lowest BCUT2D eigenvalue weighted by Gasteiger charge is -2.18. The number of anilines is 6. The first-order valence-corrected chi connectivity index (χ1v) is 16.7. The SMILES string of the molecule is O=[N+]([O-])c1c(Nc2cccc(-c3ccccc3)c2)c([N+](=O)[O-])c(Nc2cccc(-c3ccccc3)c2)c([N+](=O)[O-])c1Nc1cccc(-c2ccccc2)c1. The average molecular weight is 715 g/mol. The lowest BCUT2D eigenvalue weighted by molar-refractivity contribution is -0.399. The average Bonchev–Trinajstić information content (AvgIpc) is 3.19. The van der Waals surface area contributed by atoms with Crippen LogP contribution in [0.4, 0.5) is 51.2 Å². The highest BCUT2D eigenvalue weighted by Gasteiger charge is 2.43. The minimum Gasteiger partial charge on any atom is -0.344 e. The molecule has 12 nitrogen and oxygen atoms in total. The zero-order chi connectivity index (χ0) is 37.6. The molecule has 0 fully saturated rings. The maximum Gasteiger partial charge on any atom is 0.330 e. The van der Waals surface area contributed by atoms with Crippen molar-refractivity contribution < 1.29 is 14.8 Å². The molecule has 0 unspecified atom stereocenters. The molecule has 7 aromatic rings. The second-order valence-electron chi connectivity index (χ2n) is 12.2. The van der Waals surface area contributed by atoms with Gasteiger partial charge in [-0.25, -0.2) is 0 Å². The standard InChI is InChI=1S/C42H30N6O6/c49-46(50)40-37(43-34-22-10-19-31(25-34)28-13-4-1-5-14-28)41(47(51)52)39(45-36-24-12-21-33(27-36)30-17-8-3-9-18-30)42(48(53)54)38(40)44-35-23-11-20-32(26-35)29-15-6-2-7-16-29/h1-27,43-45H. The van der Waals surface area contributed by atoms with E-state index < -0.39 is 48.9 Å². The number of nitrogens with zero attached hydrogens (tertiary/aromatic N) is 3. The van der Waals surface area contributed by atoms with Crippen LogP contribution in [0.5, 0.6) is 0 Å². The summed E-state index contributed by atoms with van der Waals surface area (Å²) in [6, 6.07) is 48.5. The van der Waals surface area contributed by atoms with Crippen LogP contribution in [0.3, 0.4) is 0 Å². The molecule has 54 heavy (non-hydrogen) atoms. The second-order valence-corrected chi connectivity index (χ2v) is 12.2. The summed E-state index contributed by atoms with van der Waals surface area (Å²) in [5.41, 5.74) is 1.28. The molecule has 7 aromatic carbocycles. The molecule has 7 rings (SSSR count). The van der Waals surface area contributed by atoms with Gasteiger partial charge >= 0.3 is 17.1 Å². The highest BCUT2D eigenvalue weighted by molar-refractivity contribution is 6.03. The van der Waals surface area contributed by atoms with Gasteiger partial charge in [0.15, 0.2) is 0 Å². The quantitative estimate of drug-likeness (QED) is 0.0824. The van der Waals surface area contributed by atoms with Crippen molar-refractivity contribution in [2.24, 2.45) is 0 Å². The van der Waals surface area contributed by atoms with Crippen LogP contribution in [0.25, 0.3) is 33.4 Å². The fraction of sp³-hybridized carbons (Fsp3) is 0. The summed E-state index contributed by atoms with van der Waals surface area (Å²) in [6.07, 6.45) is 0. The molecule has 0 aliphatic carbocycles. The molecule has 0 amide bonds. The van der Waals surface area contributed by atoms with Crippen LogP contribution < -0.4 is 16.0 Å². The van der Waals surface area contributed by atoms with E-state index in [1.54, 1.807) is 54.6 Å². The molecule has 0 bridgehead atoms. The molecule has 0 aromatic heterocycles. The summed E-state index contributed by atoms with van der Waals surface area (Å²) < 4.78 is 0. The van der Waals surface area contributed by atoms with E-state index >= 15 is 0 Å². The van der Waals surface area contributed by atoms with E-state index in [-0.39, 0.29) is 17.1 Å². The van der Waals surface area contributed by atoms with E-state index in [2.05, 4.69) is 16.0 Å². The maximum absolute atomic E-state index is 13.1. The molecule has 0 radical (unpaired) electrons. The van der Waals surface area contributed by atoms with Crippen LogP contribution in [0.15, 0.2) is 164 Å². The molecule has 12 heteroatoms. The van der Waals surface area contributed by atoms with E-state index in [0.29, 0.717) is 0 Å². The molecule has 0 atom stereocenters. The Labute approximate surface area is 308 Å². The van der Waals surface area contributed by atoms with E-state index in [1.807, 2.05) is 109 Å². The third-order valence-electron chi connectivity index (χ3n) is 8.69. The molecule has 0 saturated heterocycles. The Morgan fingerprint density at radius 2 is 0.556 bits per heavy atom. The first-order valence-electron chi connectivity index (χ1n) is 16.7. The van der Waals surface area contributed by atoms with Crippen molar-refractivity contribution in [3.8, 4) is 33.4 Å². The van der Waals surface area contributed by atoms with Gasteiger partial charge in [-0.15, -0.1) is 0 Å². The van der Waals surface area contributed by atoms with Crippen LogP contribution in [0, 0.1) is 30.3 Å². The molecule has 264 valence electrons. The third-order valence-corrected chi connectivity index (χ3v) is 8.69. The predicted octanol–water partition coefficient (Wildman–Crippen LogP) is 11.6. The number of nitrogens with one attached hydrogen (secondary N) is 3. The Kier molecular flexibility index (Phi) is 9.72. The molecule has 0 heterocycles. The summed E-state index contributed by atoms with van der Waals surface area (Å²) in [4.78, 5) is 36.7. The fourth-order valence-corrected chi connectivity index (χ4v) is 6.27. The monoisotopic (exact) mass is 714 g/mol. The smallest absolute Gasteiger partial charge is 0.330 e. The van der Waals surface area contributed by atoms with Gasteiger partial charge in [-0.1, -0.05) is 127 Å². The van der Waals surface area contributed by atoms with Gasteiger partial charge in [-0.05, 0) is 69.8 Å². The highest BCUT2D eigenvalue weighted by atomic mass is 16.6. The van der Waals surface area contributed by atoms with Gasteiger partial charge < -0.3 is 16.0 Å². The van der Waals surface area contributed by atoms with Crippen LogP contribution >= 0.6 is 0 Å². The Morgan fingerprint density at radius 1 is 0.315 bits per heavy atom. The number of rotatable bonds is 12. The van der Waals surface area contributed by atoms with Gasteiger partial charge in [-0.3, -0.25) is 30.3 Å². The van der Waals surface area contributed by atoms with Crippen molar-refractivity contribution in [2.45, 2.75) is 0 Å². The summed E-state index contributed by atoms with van der Waals surface area (Å²) in [5.74, 6) is 0. The molecular weight excluding hydrogens is 684 g/mol. The largest absolute Gasteiger partial charge is 0.344 e. The number of nitro groups is 3. The van der Waals surface area contributed by atoms with Crippen molar-refractivity contribution in [1.29, 1.82) is 0 Å². The molecule has 0 aliphatic heterocycles. The fourth-order valence-electron chi connectivity index (χ4n) is 6.27. The zero-order valence-corrected chi connectivity index (χ0v) is 28.4. The minimum atomic E-state index is -0.882. The van der Waals surface area contributed by atoms with E-state index in [0.717, 1.165) is 33.4 Å². The van der Waals surface area contributed by atoms with Crippen molar-refractivity contribution in [3.05, 3.63) is 194 Å². The van der Waals surface area contributed by atoms with Gasteiger partial charge in [0.25, 0.3) is 0 Å². The normalized spacial score (nSPS) is 10.7. The Bertz CT molecular complexity index is 2210. The van der Waals surface area contributed by atoms with Gasteiger partial charge in [0.2, 0.25) is 17.1 Å².